The summed E-state index contributed by atoms with van der Waals surface area (Å²) >= 11 is 0. The molecule has 0 aliphatic rings. The third kappa shape index (κ3) is 3.24. The fourth-order valence-corrected chi connectivity index (χ4v) is 2.88. The molecular weight excluding hydrogens is 336 g/mol. The van der Waals surface area contributed by atoms with Gasteiger partial charge in [0.1, 0.15) is 17.7 Å². The van der Waals surface area contributed by atoms with Gasteiger partial charge in [-0.2, -0.15) is 5.26 Å². The van der Waals surface area contributed by atoms with Crippen LogP contribution in [0, 0.1) is 11.3 Å². The predicted molar refractivity (Wildman–Crippen MR) is 101 cm³/mol. The predicted octanol–water partition coefficient (Wildman–Crippen LogP) is 4.04. The van der Waals surface area contributed by atoms with Gasteiger partial charge in [-0.05, 0) is 41.5 Å². The van der Waals surface area contributed by atoms with Gasteiger partial charge in [-0.3, -0.25) is 9.78 Å². The number of nitrogens with zero attached hydrogens (tertiary/aromatic N) is 4. The Labute approximate surface area is 156 Å². The largest absolute Gasteiger partial charge is 0.306 e. The maximum Gasteiger partial charge on any atom is 0.231 e. The molecule has 0 unspecified atom stereocenters. The molecular formula is C22H14N4O. The number of hydrogen-bond acceptors (Lipinski definition) is 4. The van der Waals surface area contributed by atoms with Gasteiger partial charge in [0.15, 0.2) is 0 Å². The van der Waals surface area contributed by atoms with Crippen LogP contribution in [0.2, 0.25) is 0 Å². The zero-order valence-electron chi connectivity index (χ0n) is 14.3. The lowest BCUT2D eigenvalue weighted by molar-refractivity contribution is 0.103. The van der Waals surface area contributed by atoms with Crippen LogP contribution < -0.4 is 0 Å². The average molecular weight is 350 g/mol. The first kappa shape index (κ1) is 16.4. The summed E-state index contributed by atoms with van der Waals surface area (Å²) in [5.74, 6) is -0.222. The monoisotopic (exact) mass is 350 g/mol. The molecule has 0 saturated carbocycles. The Bertz CT molecular complexity index is 1160. The minimum atomic E-state index is -0.222. The summed E-state index contributed by atoms with van der Waals surface area (Å²) in [6, 6.07) is 22.6. The van der Waals surface area contributed by atoms with Crippen LogP contribution in [0.25, 0.3) is 16.8 Å². The van der Waals surface area contributed by atoms with Crippen molar-refractivity contribution >= 4 is 5.78 Å². The zero-order valence-corrected chi connectivity index (χ0v) is 14.3. The number of benzene rings is 2. The van der Waals surface area contributed by atoms with Crippen molar-refractivity contribution < 1.29 is 4.79 Å². The first-order chi connectivity index (χ1) is 13.3. The number of rotatable bonds is 4. The molecule has 4 rings (SSSR count). The van der Waals surface area contributed by atoms with E-state index in [9.17, 15) is 10.1 Å². The summed E-state index contributed by atoms with van der Waals surface area (Å²) in [5.41, 5.74) is 3.96. The second-order valence-corrected chi connectivity index (χ2v) is 5.92. The molecule has 5 heteroatoms. The van der Waals surface area contributed by atoms with Crippen molar-refractivity contribution in [2.24, 2.45) is 0 Å². The van der Waals surface area contributed by atoms with E-state index < -0.39 is 0 Å². The third-order valence-electron chi connectivity index (χ3n) is 4.22. The van der Waals surface area contributed by atoms with Gasteiger partial charge in [0.05, 0.1) is 11.6 Å². The van der Waals surface area contributed by atoms with Gasteiger partial charge in [-0.25, -0.2) is 4.98 Å². The lowest BCUT2D eigenvalue weighted by Gasteiger charge is -2.07. The lowest BCUT2D eigenvalue weighted by Crippen LogP contribution is -2.03. The van der Waals surface area contributed by atoms with Crippen LogP contribution in [0.15, 0.2) is 85.5 Å². The molecule has 0 spiro atoms. The van der Waals surface area contributed by atoms with Gasteiger partial charge in [0.25, 0.3) is 0 Å². The van der Waals surface area contributed by atoms with Crippen LogP contribution in [0.4, 0.5) is 0 Å². The Kier molecular flexibility index (Phi) is 4.30. The summed E-state index contributed by atoms with van der Waals surface area (Å²) in [5, 5.41) is 9.33. The normalized spacial score (nSPS) is 10.3. The molecule has 0 saturated heterocycles. The Balaban J connectivity index is 1.69. The molecule has 5 nitrogen and oxygen atoms in total. The van der Waals surface area contributed by atoms with Gasteiger partial charge in [-0.1, -0.05) is 36.4 Å². The molecule has 2 heterocycles. The standard InChI is InChI=1S/C22H14N4O/c23-13-17-6-1-2-9-19(17)16-7-5-8-18(12-16)26-14-21(25-15-26)22(27)20-10-3-4-11-24-20/h1-12,14-15H. The van der Waals surface area contributed by atoms with Gasteiger partial charge in [-0.15, -0.1) is 0 Å². The van der Waals surface area contributed by atoms with E-state index in [2.05, 4.69) is 16.0 Å². The van der Waals surface area contributed by atoms with E-state index in [0.717, 1.165) is 16.8 Å². The summed E-state index contributed by atoms with van der Waals surface area (Å²) in [7, 11) is 0. The van der Waals surface area contributed by atoms with Gasteiger partial charge in [0, 0.05) is 18.1 Å². The van der Waals surface area contributed by atoms with E-state index in [-0.39, 0.29) is 5.78 Å². The highest BCUT2D eigenvalue weighted by Crippen LogP contribution is 2.25. The Morgan fingerprint density at radius 1 is 0.926 bits per heavy atom. The van der Waals surface area contributed by atoms with E-state index in [1.807, 2.05) is 42.5 Å². The molecule has 0 N–H and O–H groups in total. The van der Waals surface area contributed by atoms with Gasteiger partial charge < -0.3 is 4.57 Å². The smallest absolute Gasteiger partial charge is 0.231 e. The van der Waals surface area contributed by atoms with Crippen LogP contribution in [0.3, 0.4) is 0 Å². The maximum absolute atomic E-state index is 12.5. The van der Waals surface area contributed by atoms with Crippen LogP contribution >= 0.6 is 0 Å². The first-order valence-electron chi connectivity index (χ1n) is 8.36. The number of aromatic nitrogens is 3. The second kappa shape index (κ2) is 7.06. The number of pyridine rings is 1. The maximum atomic E-state index is 12.5. The van der Waals surface area contributed by atoms with E-state index in [0.29, 0.717) is 17.0 Å². The molecule has 27 heavy (non-hydrogen) atoms. The summed E-state index contributed by atoms with van der Waals surface area (Å²) in [6.45, 7) is 0. The van der Waals surface area contributed by atoms with E-state index in [1.54, 1.807) is 47.6 Å². The van der Waals surface area contributed by atoms with Crippen LogP contribution in [0.5, 0.6) is 0 Å². The quantitative estimate of drug-likeness (QED) is 0.521. The average Bonchev–Trinajstić information content (AvgIpc) is 3.24. The molecule has 0 bridgehead atoms. The highest BCUT2D eigenvalue weighted by atomic mass is 16.1. The SMILES string of the molecule is N#Cc1ccccc1-c1cccc(-n2cnc(C(=O)c3ccccn3)c2)c1. The van der Waals surface area contributed by atoms with Crippen molar-refractivity contribution in [2.45, 2.75) is 0 Å². The van der Waals surface area contributed by atoms with E-state index in [1.165, 1.54) is 0 Å². The Morgan fingerprint density at radius 3 is 2.59 bits per heavy atom. The van der Waals surface area contributed by atoms with Crippen molar-refractivity contribution in [1.82, 2.24) is 14.5 Å². The fraction of sp³-hybridized carbons (Fsp3) is 0. The van der Waals surface area contributed by atoms with Crippen LogP contribution in [-0.2, 0) is 0 Å². The Morgan fingerprint density at radius 2 is 1.78 bits per heavy atom. The minimum absolute atomic E-state index is 0.222. The third-order valence-corrected chi connectivity index (χ3v) is 4.22. The summed E-state index contributed by atoms with van der Waals surface area (Å²) in [4.78, 5) is 20.8. The molecule has 2 aromatic heterocycles. The molecule has 0 aliphatic heterocycles. The van der Waals surface area contributed by atoms with Crippen molar-refractivity contribution in [3.63, 3.8) is 0 Å². The highest BCUT2D eigenvalue weighted by molar-refractivity contribution is 6.06. The summed E-state index contributed by atoms with van der Waals surface area (Å²) < 4.78 is 1.79. The zero-order chi connectivity index (χ0) is 18.6. The molecule has 0 atom stereocenters. The molecule has 0 fully saturated rings. The van der Waals surface area contributed by atoms with Crippen LogP contribution in [0.1, 0.15) is 21.7 Å². The lowest BCUT2D eigenvalue weighted by atomic mass is 10.00. The number of hydrogen-bond donors (Lipinski definition) is 0. The highest BCUT2D eigenvalue weighted by Gasteiger charge is 2.14. The van der Waals surface area contributed by atoms with Crippen LogP contribution in [-0.4, -0.2) is 20.3 Å². The number of carbonyl (C=O) groups is 1. The number of ketones is 1. The number of carbonyl (C=O) groups excluding carboxylic acids is 1. The topological polar surface area (TPSA) is 71.6 Å². The van der Waals surface area contributed by atoms with Crippen molar-refractivity contribution in [2.75, 3.05) is 0 Å². The number of imidazole rings is 1. The second-order valence-electron chi connectivity index (χ2n) is 5.92. The van der Waals surface area contributed by atoms with Crippen molar-refractivity contribution in [1.29, 1.82) is 5.26 Å². The van der Waals surface area contributed by atoms with E-state index >= 15 is 0 Å². The number of nitriles is 1. The molecule has 0 aliphatic carbocycles. The summed E-state index contributed by atoms with van der Waals surface area (Å²) in [6.07, 6.45) is 4.87. The van der Waals surface area contributed by atoms with Crippen molar-refractivity contribution in [3.05, 3.63) is 102 Å². The van der Waals surface area contributed by atoms with Crippen molar-refractivity contribution in [3.8, 4) is 22.9 Å². The molecule has 0 amide bonds. The van der Waals surface area contributed by atoms with E-state index in [4.69, 9.17) is 0 Å². The Hall–Kier alpha value is -4.04. The first-order valence-corrected chi connectivity index (χ1v) is 8.36. The van der Waals surface area contributed by atoms with Gasteiger partial charge >= 0.3 is 0 Å². The molecule has 0 radical (unpaired) electrons. The molecule has 4 aromatic rings. The fourth-order valence-electron chi connectivity index (χ4n) is 2.88. The molecule has 128 valence electrons. The molecule has 2 aromatic carbocycles. The minimum Gasteiger partial charge on any atom is -0.306 e. The van der Waals surface area contributed by atoms with Gasteiger partial charge in [0.2, 0.25) is 5.78 Å².